The van der Waals surface area contributed by atoms with Gasteiger partial charge in [-0.25, -0.2) is 4.79 Å². The van der Waals surface area contributed by atoms with E-state index in [1.165, 1.54) is 42.2 Å². The predicted octanol–water partition coefficient (Wildman–Crippen LogP) is 2.15. The zero-order chi connectivity index (χ0) is 26.2. The summed E-state index contributed by atoms with van der Waals surface area (Å²) in [6.45, 7) is 1.15. The molecule has 5 N–H and O–H groups in total. The number of carbonyl (C=O) groups is 2. The van der Waals surface area contributed by atoms with Crippen LogP contribution in [-0.2, 0) is 14.9 Å². The predicted molar refractivity (Wildman–Crippen MR) is 131 cm³/mol. The van der Waals surface area contributed by atoms with Crippen LogP contribution < -0.4 is 10.5 Å². The Bertz CT molecular complexity index is 1250. The van der Waals surface area contributed by atoms with Gasteiger partial charge >= 0.3 is 5.97 Å². The maximum atomic E-state index is 12.7. The number of amides is 1. The molecule has 14 heteroatoms. The molecule has 2 aromatic rings. The second kappa shape index (κ2) is 12.3. The standard InChI is InChI=1S/C21H24N4O8S2/c1-13(20(27)25(7-2-9-26)8-10-35(30,31)32)11-15-4-6-18(34-15)21(28)33-17-5-3-14(19(22)23)12-16(17)24-29/h3-6,11-12,26H,2,7-10H2,1H3,(H3,22,23)(H,30,31,32)/b13-11+. The number of carbonyl (C=O) groups excluding carboxylic acids is 2. The Morgan fingerprint density at radius 1 is 1.26 bits per heavy atom. The maximum absolute atomic E-state index is 12.7. The molecule has 0 saturated carbocycles. The van der Waals surface area contributed by atoms with Crippen molar-refractivity contribution in [3.05, 3.63) is 56.1 Å². The zero-order valence-corrected chi connectivity index (χ0v) is 20.3. The minimum Gasteiger partial charge on any atom is -0.420 e. The highest BCUT2D eigenvalue weighted by Crippen LogP contribution is 2.30. The third-order valence-electron chi connectivity index (χ3n) is 4.59. The summed E-state index contributed by atoms with van der Waals surface area (Å²) in [7, 11) is -4.27. The molecule has 0 spiro atoms. The minimum atomic E-state index is -4.27. The molecule has 0 aliphatic carbocycles. The number of nitrogens with zero attached hydrogens (tertiary/aromatic N) is 2. The fourth-order valence-corrected chi connectivity index (χ4v) is 4.20. The van der Waals surface area contributed by atoms with Crippen molar-refractivity contribution in [2.24, 2.45) is 10.9 Å². The molecule has 0 aliphatic heterocycles. The molecule has 2 rings (SSSR count). The van der Waals surface area contributed by atoms with Crippen molar-refractivity contribution in [3.8, 4) is 5.75 Å². The van der Waals surface area contributed by atoms with Gasteiger partial charge < -0.3 is 20.5 Å². The number of benzene rings is 1. The molecule has 1 aromatic heterocycles. The molecule has 0 radical (unpaired) electrons. The molecule has 12 nitrogen and oxygen atoms in total. The lowest BCUT2D eigenvalue weighted by Gasteiger charge is -2.22. The Labute approximate surface area is 205 Å². The van der Waals surface area contributed by atoms with Gasteiger partial charge in [0.15, 0.2) is 11.4 Å². The number of thiophene rings is 1. The van der Waals surface area contributed by atoms with Crippen molar-refractivity contribution in [1.29, 1.82) is 5.41 Å². The number of aliphatic hydroxyl groups excluding tert-OH is 1. The van der Waals surface area contributed by atoms with Crippen LogP contribution in [0.3, 0.4) is 0 Å². The van der Waals surface area contributed by atoms with Crippen molar-refractivity contribution in [1.82, 2.24) is 4.90 Å². The van der Waals surface area contributed by atoms with Gasteiger partial charge in [-0.05, 0) is 54.9 Å². The normalized spacial score (nSPS) is 11.7. The van der Waals surface area contributed by atoms with E-state index in [2.05, 4.69) is 5.18 Å². The summed E-state index contributed by atoms with van der Waals surface area (Å²) in [5.74, 6) is -2.29. The second-order valence-electron chi connectivity index (χ2n) is 7.26. The van der Waals surface area contributed by atoms with Crippen LogP contribution in [0.2, 0.25) is 0 Å². The lowest BCUT2D eigenvalue weighted by atomic mass is 10.2. The van der Waals surface area contributed by atoms with Crippen LogP contribution in [0.15, 0.2) is 41.1 Å². The third kappa shape index (κ3) is 8.36. The number of hydrogen-bond donors (Lipinski definition) is 4. The number of nitrogens with two attached hydrogens (primary N) is 1. The maximum Gasteiger partial charge on any atom is 0.353 e. The van der Waals surface area contributed by atoms with Crippen LogP contribution >= 0.6 is 11.3 Å². The molecule has 35 heavy (non-hydrogen) atoms. The van der Waals surface area contributed by atoms with Gasteiger partial charge in [0.05, 0.1) is 5.75 Å². The molecule has 0 unspecified atom stereocenters. The highest BCUT2D eigenvalue weighted by atomic mass is 32.2. The molecule has 1 amide bonds. The van der Waals surface area contributed by atoms with E-state index < -0.39 is 27.7 Å². The Kier molecular flexibility index (Phi) is 9.77. The molecule has 0 atom stereocenters. The second-order valence-corrected chi connectivity index (χ2v) is 9.95. The zero-order valence-electron chi connectivity index (χ0n) is 18.6. The number of aliphatic hydroxyl groups is 1. The Balaban J connectivity index is 2.16. The summed E-state index contributed by atoms with van der Waals surface area (Å²) in [5.41, 5.74) is 5.66. The number of ether oxygens (including phenoxy) is 1. The minimum absolute atomic E-state index is 0.0908. The van der Waals surface area contributed by atoms with E-state index in [0.717, 1.165) is 11.3 Å². The van der Waals surface area contributed by atoms with E-state index in [0.29, 0.717) is 4.88 Å². The monoisotopic (exact) mass is 524 g/mol. The van der Waals surface area contributed by atoms with E-state index in [9.17, 15) is 22.9 Å². The number of nitroso groups, excluding NO2 is 1. The number of amidine groups is 1. The first-order chi connectivity index (χ1) is 16.4. The van der Waals surface area contributed by atoms with Gasteiger partial charge in [-0.1, -0.05) is 0 Å². The van der Waals surface area contributed by atoms with Gasteiger partial charge in [0.2, 0.25) is 5.91 Å². The summed E-state index contributed by atoms with van der Waals surface area (Å²) in [6, 6.07) is 6.97. The number of hydrogen-bond acceptors (Lipinski definition) is 10. The number of rotatable bonds is 12. The molecule has 0 saturated heterocycles. The lowest BCUT2D eigenvalue weighted by Crippen LogP contribution is -2.36. The summed E-state index contributed by atoms with van der Waals surface area (Å²) >= 11 is 1.01. The third-order valence-corrected chi connectivity index (χ3v) is 6.30. The van der Waals surface area contributed by atoms with E-state index in [4.69, 9.17) is 25.5 Å². The van der Waals surface area contributed by atoms with Crippen molar-refractivity contribution in [2.45, 2.75) is 13.3 Å². The smallest absolute Gasteiger partial charge is 0.353 e. The topological polar surface area (TPSA) is 201 Å². The van der Waals surface area contributed by atoms with Gasteiger partial charge in [-0.3, -0.25) is 14.8 Å². The van der Waals surface area contributed by atoms with Gasteiger partial charge in [0, 0.05) is 35.7 Å². The first-order valence-electron chi connectivity index (χ1n) is 10.1. The van der Waals surface area contributed by atoms with Crippen molar-refractivity contribution in [3.63, 3.8) is 0 Å². The van der Waals surface area contributed by atoms with Gasteiger partial charge in [-0.15, -0.1) is 16.2 Å². The molecule has 0 fully saturated rings. The summed E-state index contributed by atoms with van der Waals surface area (Å²) in [6.07, 6.45) is 1.73. The molecule has 1 aromatic carbocycles. The van der Waals surface area contributed by atoms with Crippen LogP contribution in [0.4, 0.5) is 5.69 Å². The first kappa shape index (κ1) is 27.8. The van der Waals surface area contributed by atoms with Gasteiger partial charge in [0.1, 0.15) is 10.7 Å². The lowest BCUT2D eigenvalue weighted by molar-refractivity contribution is -0.126. The molecule has 188 valence electrons. The largest absolute Gasteiger partial charge is 0.420 e. The van der Waals surface area contributed by atoms with E-state index in [1.54, 1.807) is 6.07 Å². The number of nitrogens with one attached hydrogen (secondary N) is 1. The molecule has 0 bridgehead atoms. The van der Waals surface area contributed by atoms with Crippen LogP contribution in [0.25, 0.3) is 6.08 Å². The van der Waals surface area contributed by atoms with Crippen molar-refractivity contribution >= 4 is 50.9 Å². The summed E-state index contributed by atoms with van der Waals surface area (Å²) in [5, 5.41) is 19.2. The van der Waals surface area contributed by atoms with Crippen molar-refractivity contribution in [2.75, 3.05) is 25.4 Å². The van der Waals surface area contributed by atoms with Crippen LogP contribution in [-0.4, -0.2) is 66.1 Å². The molecular weight excluding hydrogens is 500 g/mol. The molecule has 0 aliphatic rings. The highest BCUT2D eigenvalue weighted by molar-refractivity contribution is 7.85. The average Bonchev–Trinajstić information content (AvgIpc) is 3.26. The fourth-order valence-electron chi connectivity index (χ4n) is 2.86. The highest BCUT2D eigenvalue weighted by Gasteiger charge is 2.19. The summed E-state index contributed by atoms with van der Waals surface area (Å²) in [4.78, 5) is 38.2. The average molecular weight is 525 g/mol. The van der Waals surface area contributed by atoms with E-state index >= 15 is 0 Å². The van der Waals surface area contributed by atoms with Crippen molar-refractivity contribution < 1.29 is 32.4 Å². The van der Waals surface area contributed by atoms with Gasteiger partial charge in [0.25, 0.3) is 10.1 Å². The Morgan fingerprint density at radius 3 is 2.57 bits per heavy atom. The first-order valence-corrected chi connectivity index (χ1v) is 12.5. The summed E-state index contributed by atoms with van der Waals surface area (Å²) < 4.78 is 36.3. The Morgan fingerprint density at radius 2 is 1.97 bits per heavy atom. The SMILES string of the molecule is C/C(=C\c1ccc(C(=O)Oc2ccc(C(=N)N)cc2N=O)s1)C(=O)N(CCCO)CCS(=O)(=O)O. The van der Waals surface area contributed by atoms with Crippen LogP contribution in [0.1, 0.15) is 33.5 Å². The molecule has 1 heterocycles. The van der Waals surface area contributed by atoms with E-state index in [-0.39, 0.29) is 59.4 Å². The Hall–Kier alpha value is -3.46. The quantitative estimate of drug-likeness (QED) is 0.0610. The number of nitrogen functional groups attached to an aromatic ring is 1. The van der Waals surface area contributed by atoms with E-state index in [1.807, 2.05) is 0 Å². The number of esters is 1. The fraction of sp³-hybridized carbons (Fsp3) is 0.286. The van der Waals surface area contributed by atoms with Crippen LogP contribution in [0.5, 0.6) is 5.75 Å². The van der Waals surface area contributed by atoms with Gasteiger partial charge in [-0.2, -0.15) is 8.42 Å². The molecular formula is C21H24N4O8S2. The van der Waals surface area contributed by atoms with Crippen LogP contribution in [0, 0.1) is 10.3 Å².